The number of H-pyrrole nitrogens is 1. The summed E-state index contributed by atoms with van der Waals surface area (Å²) in [5, 5.41) is 1.31. The number of para-hydroxylation sites is 1. The van der Waals surface area contributed by atoms with E-state index >= 15 is 0 Å². The summed E-state index contributed by atoms with van der Waals surface area (Å²) in [5.74, 6) is 1.41. The normalized spacial score (nSPS) is 11.7. The molecule has 5 aromatic rings. The molecule has 0 atom stereocenters. The second kappa shape index (κ2) is 7.99. The molecule has 0 fully saturated rings. The van der Waals surface area contributed by atoms with Gasteiger partial charge in [-0.25, -0.2) is 9.97 Å². The number of nitrogens with one attached hydrogen (secondary N) is 1. The predicted octanol–water partition coefficient (Wildman–Crippen LogP) is 5.88. The number of aromatic amines is 1. The van der Waals surface area contributed by atoms with Crippen molar-refractivity contribution in [2.24, 2.45) is 0 Å². The number of benzene rings is 1. The highest BCUT2D eigenvalue weighted by molar-refractivity contribution is 5.83. The molecule has 1 aromatic carbocycles. The standard InChI is InChI=1S/C26H27N5/c1-17(2)26-29-15-25-23(10-6-7-19-14-28-22-9-5-4-8-21(19)22)30-24(16-31(25)26)20-11-18(3)12-27-13-20/h4-5,8-9,11-17,28H,6-7,10H2,1-3H3. The van der Waals surface area contributed by atoms with Gasteiger partial charge < -0.3 is 4.98 Å². The minimum atomic E-state index is 0.340. The van der Waals surface area contributed by atoms with Gasteiger partial charge in [-0.05, 0) is 49.4 Å². The topological polar surface area (TPSA) is 58.9 Å². The van der Waals surface area contributed by atoms with E-state index in [1.807, 2.05) is 18.6 Å². The number of nitrogens with zero attached hydrogens (tertiary/aromatic N) is 4. The number of pyridine rings is 1. The van der Waals surface area contributed by atoms with Crippen LogP contribution in [0.3, 0.4) is 0 Å². The second-order valence-electron chi connectivity index (χ2n) is 8.56. The van der Waals surface area contributed by atoms with E-state index in [4.69, 9.17) is 9.97 Å². The van der Waals surface area contributed by atoms with E-state index in [0.29, 0.717) is 5.92 Å². The lowest BCUT2D eigenvalue weighted by Crippen LogP contribution is -2.03. The fourth-order valence-corrected chi connectivity index (χ4v) is 4.31. The molecule has 0 radical (unpaired) electrons. The number of hydrogen-bond donors (Lipinski definition) is 1. The van der Waals surface area contributed by atoms with Crippen LogP contribution >= 0.6 is 0 Å². The Balaban J connectivity index is 1.49. The predicted molar refractivity (Wildman–Crippen MR) is 125 cm³/mol. The number of aryl methyl sites for hydroxylation is 3. The van der Waals surface area contributed by atoms with Crippen molar-refractivity contribution in [2.75, 3.05) is 0 Å². The van der Waals surface area contributed by atoms with E-state index in [-0.39, 0.29) is 0 Å². The van der Waals surface area contributed by atoms with E-state index in [1.54, 1.807) is 0 Å². The zero-order valence-corrected chi connectivity index (χ0v) is 18.3. The highest BCUT2D eigenvalue weighted by atomic mass is 15.0. The summed E-state index contributed by atoms with van der Waals surface area (Å²) < 4.78 is 2.22. The fourth-order valence-electron chi connectivity index (χ4n) is 4.31. The molecule has 0 spiro atoms. The van der Waals surface area contributed by atoms with Crippen LogP contribution in [0.1, 0.15) is 48.8 Å². The zero-order chi connectivity index (χ0) is 21.4. The Morgan fingerprint density at radius 3 is 2.77 bits per heavy atom. The van der Waals surface area contributed by atoms with E-state index in [0.717, 1.165) is 53.1 Å². The van der Waals surface area contributed by atoms with Crippen LogP contribution < -0.4 is 0 Å². The van der Waals surface area contributed by atoms with Gasteiger partial charge in [0.25, 0.3) is 0 Å². The summed E-state index contributed by atoms with van der Waals surface area (Å²) >= 11 is 0. The van der Waals surface area contributed by atoms with E-state index < -0.39 is 0 Å². The number of fused-ring (bicyclic) bond motifs is 2. The lowest BCUT2D eigenvalue weighted by atomic mass is 10.1. The van der Waals surface area contributed by atoms with Crippen molar-refractivity contribution < 1.29 is 0 Å². The Kier molecular flexibility index (Phi) is 5.02. The minimum absolute atomic E-state index is 0.340. The number of aromatic nitrogens is 5. The summed E-state index contributed by atoms with van der Waals surface area (Å²) in [7, 11) is 0. The fraction of sp³-hybridized carbons (Fsp3) is 0.269. The van der Waals surface area contributed by atoms with Gasteiger partial charge in [0, 0.05) is 47.2 Å². The first-order valence-electron chi connectivity index (χ1n) is 10.9. The van der Waals surface area contributed by atoms with Gasteiger partial charge in [0.15, 0.2) is 0 Å². The molecule has 4 heterocycles. The molecular weight excluding hydrogens is 382 g/mol. The van der Waals surface area contributed by atoms with Crippen molar-refractivity contribution in [3.8, 4) is 11.3 Å². The maximum Gasteiger partial charge on any atom is 0.115 e. The van der Waals surface area contributed by atoms with Crippen LogP contribution in [-0.4, -0.2) is 24.3 Å². The van der Waals surface area contributed by atoms with Crippen molar-refractivity contribution in [2.45, 2.75) is 46.0 Å². The summed E-state index contributed by atoms with van der Waals surface area (Å²) in [6.07, 6.45) is 12.9. The van der Waals surface area contributed by atoms with Crippen LogP contribution in [0.25, 0.3) is 27.7 Å². The highest BCUT2D eigenvalue weighted by Gasteiger charge is 2.15. The number of hydrogen-bond acceptors (Lipinski definition) is 3. The lowest BCUT2D eigenvalue weighted by molar-refractivity contribution is 0.761. The minimum Gasteiger partial charge on any atom is -0.361 e. The second-order valence-corrected chi connectivity index (χ2v) is 8.56. The summed E-state index contributed by atoms with van der Waals surface area (Å²) in [6, 6.07) is 10.6. The van der Waals surface area contributed by atoms with Crippen LogP contribution in [-0.2, 0) is 12.8 Å². The summed E-state index contributed by atoms with van der Waals surface area (Å²) in [6.45, 7) is 6.42. The van der Waals surface area contributed by atoms with Gasteiger partial charge >= 0.3 is 0 Å². The monoisotopic (exact) mass is 409 g/mol. The maximum atomic E-state index is 5.06. The molecule has 156 valence electrons. The molecule has 5 heteroatoms. The van der Waals surface area contributed by atoms with Crippen LogP contribution in [0.4, 0.5) is 0 Å². The SMILES string of the molecule is Cc1cncc(-c2cn3c(C(C)C)ncc3c(CCCc3c[nH]c4ccccc34)n2)c1. The molecule has 4 aromatic heterocycles. The van der Waals surface area contributed by atoms with Gasteiger partial charge in [-0.15, -0.1) is 0 Å². The van der Waals surface area contributed by atoms with Crippen molar-refractivity contribution >= 4 is 16.4 Å². The molecule has 0 aliphatic carbocycles. The zero-order valence-electron chi connectivity index (χ0n) is 18.3. The molecule has 0 saturated carbocycles. The molecule has 5 nitrogen and oxygen atoms in total. The van der Waals surface area contributed by atoms with Crippen molar-refractivity contribution in [1.82, 2.24) is 24.3 Å². The molecule has 0 bridgehead atoms. The summed E-state index contributed by atoms with van der Waals surface area (Å²) in [4.78, 5) is 17.5. The molecule has 0 unspecified atom stereocenters. The smallest absolute Gasteiger partial charge is 0.115 e. The molecule has 31 heavy (non-hydrogen) atoms. The largest absolute Gasteiger partial charge is 0.361 e. The van der Waals surface area contributed by atoms with E-state index in [9.17, 15) is 0 Å². The van der Waals surface area contributed by atoms with Gasteiger partial charge in [0.05, 0.1) is 23.1 Å². The van der Waals surface area contributed by atoms with Crippen molar-refractivity contribution in [1.29, 1.82) is 0 Å². The van der Waals surface area contributed by atoms with Gasteiger partial charge in [-0.1, -0.05) is 32.0 Å². The van der Waals surface area contributed by atoms with Crippen LogP contribution in [0, 0.1) is 6.92 Å². The van der Waals surface area contributed by atoms with Crippen molar-refractivity contribution in [3.05, 3.63) is 84.0 Å². The van der Waals surface area contributed by atoms with Crippen LogP contribution in [0.2, 0.25) is 0 Å². The third kappa shape index (κ3) is 3.72. The Labute approximate surface area is 182 Å². The average molecular weight is 410 g/mol. The van der Waals surface area contributed by atoms with E-state index in [1.165, 1.54) is 16.5 Å². The molecule has 1 N–H and O–H groups in total. The van der Waals surface area contributed by atoms with Gasteiger partial charge in [0.1, 0.15) is 5.82 Å². The van der Waals surface area contributed by atoms with Crippen LogP contribution in [0.5, 0.6) is 0 Å². The first-order valence-corrected chi connectivity index (χ1v) is 10.9. The summed E-state index contributed by atoms with van der Waals surface area (Å²) in [5.41, 5.74) is 7.89. The number of imidazole rings is 1. The molecule has 0 saturated heterocycles. The Morgan fingerprint density at radius 2 is 1.94 bits per heavy atom. The van der Waals surface area contributed by atoms with Crippen LogP contribution in [0.15, 0.2) is 61.3 Å². The molecular formula is C26H27N5. The van der Waals surface area contributed by atoms with E-state index in [2.05, 4.69) is 77.9 Å². The lowest BCUT2D eigenvalue weighted by Gasteiger charge is -2.11. The quantitative estimate of drug-likeness (QED) is 0.381. The molecule has 0 aliphatic heterocycles. The first kappa shape index (κ1) is 19.5. The third-order valence-corrected chi connectivity index (χ3v) is 5.85. The van der Waals surface area contributed by atoms with Crippen molar-refractivity contribution in [3.63, 3.8) is 0 Å². The third-order valence-electron chi connectivity index (χ3n) is 5.85. The van der Waals surface area contributed by atoms with Gasteiger partial charge in [-0.2, -0.15) is 0 Å². The Morgan fingerprint density at radius 1 is 1.06 bits per heavy atom. The Hall–Kier alpha value is -3.47. The van der Waals surface area contributed by atoms with Gasteiger partial charge in [-0.3, -0.25) is 9.38 Å². The van der Waals surface area contributed by atoms with Gasteiger partial charge in [0.2, 0.25) is 0 Å². The average Bonchev–Trinajstić information content (AvgIpc) is 3.38. The highest BCUT2D eigenvalue weighted by Crippen LogP contribution is 2.25. The first-order chi connectivity index (χ1) is 15.1. The maximum absolute atomic E-state index is 5.06. The molecule has 5 rings (SSSR count). The number of rotatable bonds is 6. The molecule has 0 amide bonds. The molecule has 0 aliphatic rings. The Bertz CT molecular complexity index is 1360.